The first-order chi connectivity index (χ1) is 4.37. The van der Waals surface area contributed by atoms with Gasteiger partial charge in [-0.15, -0.1) is 0 Å². The van der Waals surface area contributed by atoms with Crippen molar-refractivity contribution in [1.82, 2.24) is 0 Å². The van der Waals surface area contributed by atoms with Gasteiger partial charge < -0.3 is 4.74 Å². The molecule has 1 aliphatic heterocycles. The van der Waals surface area contributed by atoms with Gasteiger partial charge in [-0.2, -0.15) is 0 Å². The van der Waals surface area contributed by atoms with Crippen LogP contribution in [0, 0.1) is 11.3 Å². The van der Waals surface area contributed by atoms with Gasteiger partial charge in [0.15, 0.2) is 0 Å². The van der Waals surface area contributed by atoms with Gasteiger partial charge >= 0.3 is 0 Å². The second-order valence-electron chi connectivity index (χ2n) is 3.22. The summed E-state index contributed by atoms with van der Waals surface area (Å²) in [6, 6.07) is 0. The number of halogens is 1. The van der Waals surface area contributed by atoms with E-state index in [0.29, 0.717) is 5.41 Å². The minimum atomic E-state index is 0.642. The van der Waals surface area contributed by atoms with Crippen LogP contribution in [0.15, 0.2) is 0 Å². The smallest absolute Gasteiger partial charge is 0.0526 e. The van der Waals surface area contributed by atoms with Crippen molar-refractivity contribution < 1.29 is 4.74 Å². The molecule has 0 aromatic carbocycles. The molecule has 0 unspecified atom stereocenters. The lowest BCUT2D eigenvalue weighted by molar-refractivity contribution is 0.179. The van der Waals surface area contributed by atoms with Crippen LogP contribution in [-0.2, 0) is 4.74 Å². The molecule has 9 heavy (non-hydrogen) atoms. The average molecular weight is 191 g/mol. The molecule has 0 N–H and O–H groups in total. The maximum Gasteiger partial charge on any atom is 0.0526 e. The highest BCUT2D eigenvalue weighted by Crippen LogP contribution is 2.58. The fourth-order valence-electron chi connectivity index (χ4n) is 1.76. The van der Waals surface area contributed by atoms with E-state index in [9.17, 15) is 0 Å². The molecule has 0 aromatic heterocycles. The number of ether oxygens (including phenoxy) is 1. The SMILES string of the molecule is BrC[C@@H]1C[C@]12CCOC2. The molecule has 2 aliphatic rings. The molecular weight excluding hydrogens is 180 g/mol. The van der Waals surface area contributed by atoms with E-state index in [-0.39, 0.29) is 0 Å². The van der Waals surface area contributed by atoms with E-state index in [1.807, 2.05) is 0 Å². The van der Waals surface area contributed by atoms with Crippen LogP contribution in [0.3, 0.4) is 0 Å². The largest absolute Gasteiger partial charge is 0.381 e. The van der Waals surface area contributed by atoms with Crippen LogP contribution in [-0.4, -0.2) is 18.5 Å². The van der Waals surface area contributed by atoms with E-state index in [1.165, 1.54) is 18.2 Å². The molecule has 1 aliphatic carbocycles. The van der Waals surface area contributed by atoms with Crippen molar-refractivity contribution >= 4 is 15.9 Å². The highest BCUT2D eigenvalue weighted by atomic mass is 79.9. The minimum absolute atomic E-state index is 0.642. The third-order valence-corrected chi connectivity index (χ3v) is 3.46. The summed E-state index contributed by atoms with van der Waals surface area (Å²) in [5, 5.41) is 1.18. The normalized spacial score (nSPS) is 48.3. The van der Waals surface area contributed by atoms with Crippen molar-refractivity contribution in [2.45, 2.75) is 12.8 Å². The quantitative estimate of drug-likeness (QED) is 0.574. The lowest BCUT2D eigenvalue weighted by Gasteiger charge is -2.01. The van der Waals surface area contributed by atoms with Crippen molar-refractivity contribution in [3.63, 3.8) is 0 Å². The summed E-state index contributed by atoms with van der Waals surface area (Å²) in [5.74, 6) is 0.931. The van der Waals surface area contributed by atoms with Crippen LogP contribution in [0.4, 0.5) is 0 Å². The van der Waals surface area contributed by atoms with Crippen LogP contribution in [0.2, 0.25) is 0 Å². The standard InChI is InChI=1S/C7H11BrO/c8-4-6-3-7(6)1-2-9-5-7/h6H,1-5H2/t6-,7-/m0/s1. The van der Waals surface area contributed by atoms with Gasteiger partial charge in [0.25, 0.3) is 0 Å². The molecular formula is C7H11BrO. The zero-order valence-electron chi connectivity index (χ0n) is 5.40. The zero-order chi connectivity index (χ0) is 6.32. The van der Waals surface area contributed by atoms with Crippen LogP contribution in [0.5, 0.6) is 0 Å². The van der Waals surface area contributed by atoms with Gasteiger partial charge in [-0.25, -0.2) is 0 Å². The molecule has 1 spiro atoms. The summed E-state index contributed by atoms with van der Waals surface area (Å²) in [6.07, 6.45) is 2.71. The van der Waals surface area contributed by atoms with Crippen molar-refractivity contribution in [1.29, 1.82) is 0 Å². The predicted molar refractivity (Wildman–Crippen MR) is 39.8 cm³/mol. The lowest BCUT2D eigenvalue weighted by atomic mass is 10.0. The number of hydrogen-bond acceptors (Lipinski definition) is 1. The molecule has 2 heteroatoms. The maximum atomic E-state index is 5.33. The highest BCUT2D eigenvalue weighted by Gasteiger charge is 2.55. The third-order valence-electron chi connectivity index (χ3n) is 2.68. The topological polar surface area (TPSA) is 9.23 Å². The van der Waals surface area contributed by atoms with Gasteiger partial charge in [-0.3, -0.25) is 0 Å². The van der Waals surface area contributed by atoms with Crippen LogP contribution in [0.25, 0.3) is 0 Å². The molecule has 0 aromatic rings. The minimum Gasteiger partial charge on any atom is -0.381 e. The lowest BCUT2D eigenvalue weighted by Crippen LogP contribution is -2.02. The molecule has 2 fully saturated rings. The Hall–Kier alpha value is 0.440. The van der Waals surface area contributed by atoms with Crippen molar-refractivity contribution in [3.05, 3.63) is 0 Å². The van der Waals surface area contributed by atoms with Gasteiger partial charge in [-0.1, -0.05) is 15.9 Å². The number of alkyl halides is 1. The Morgan fingerprint density at radius 1 is 1.67 bits per heavy atom. The molecule has 1 saturated carbocycles. The summed E-state index contributed by atoms with van der Waals surface area (Å²) < 4.78 is 5.33. The molecule has 1 nitrogen and oxygen atoms in total. The fraction of sp³-hybridized carbons (Fsp3) is 1.00. The summed E-state index contributed by atoms with van der Waals surface area (Å²) in [5.41, 5.74) is 0.642. The highest BCUT2D eigenvalue weighted by molar-refractivity contribution is 9.09. The van der Waals surface area contributed by atoms with Crippen molar-refractivity contribution in [3.8, 4) is 0 Å². The summed E-state index contributed by atoms with van der Waals surface area (Å²) >= 11 is 3.51. The van der Waals surface area contributed by atoms with E-state index in [2.05, 4.69) is 15.9 Å². The van der Waals surface area contributed by atoms with Gasteiger partial charge in [0.1, 0.15) is 0 Å². The molecule has 0 radical (unpaired) electrons. The molecule has 1 heterocycles. The van der Waals surface area contributed by atoms with E-state index < -0.39 is 0 Å². The monoisotopic (exact) mass is 190 g/mol. The predicted octanol–water partition coefficient (Wildman–Crippen LogP) is 1.81. The van der Waals surface area contributed by atoms with E-state index in [0.717, 1.165) is 19.1 Å². The zero-order valence-corrected chi connectivity index (χ0v) is 6.99. The van der Waals surface area contributed by atoms with Gasteiger partial charge in [0.2, 0.25) is 0 Å². The molecule has 1 saturated heterocycles. The third kappa shape index (κ3) is 0.838. The maximum absolute atomic E-state index is 5.33. The first-order valence-corrected chi connectivity index (χ1v) is 4.63. The molecule has 0 amide bonds. The summed E-state index contributed by atoms with van der Waals surface area (Å²) in [4.78, 5) is 0. The molecule has 52 valence electrons. The second-order valence-corrected chi connectivity index (χ2v) is 3.87. The average Bonchev–Trinajstić information content (AvgIpc) is 2.30. The van der Waals surface area contributed by atoms with Crippen LogP contribution in [0.1, 0.15) is 12.8 Å². The van der Waals surface area contributed by atoms with Crippen molar-refractivity contribution in [2.24, 2.45) is 11.3 Å². The molecule has 2 atom stereocenters. The Morgan fingerprint density at radius 2 is 2.56 bits per heavy atom. The Kier molecular flexibility index (Phi) is 1.34. The fourth-order valence-corrected chi connectivity index (χ4v) is 2.67. The summed E-state index contributed by atoms with van der Waals surface area (Å²) in [7, 11) is 0. The number of rotatable bonds is 1. The van der Waals surface area contributed by atoms with Crippen LogP contribution < -0.4 is 0 Å². The first-order valence-electron chi connectivity index (χ1n) is 3.51. The second kappa shape index (κ2) is 1.96. The Bertz CT molecular complexity index is 118. The van der Waals surface area contributed by atoms with Crippen molar-refractivity contribution in [2.75, 3.05) is 18.5 Å². The van der Waals surface area contributed by atoms with Gasteiger partial charge in [0.05, 0.1) is 6.61 Å². The Balaban J connectivity index is 1.97. The Labute approximate surface area is 63.9 Å². The van der Waals surface area contributed by atoms with Gasteiger partial charge in [0, 0.05) is 11.9 Å². The van der Waals surface area contributed by atoms with E-state index in [1.54, 1.807) is 0 Å². The number of hydrogen-bond donors (Lipinski definition) is 0. The summed E-state index contributed by atoms with van der Waals surface area (Å²) in [6.45, 7) is 2.03. The van der Waals surface area contributed by atoms with E-state index in [4.69, 9.17) is 4.74 Å². The van der Waals surface area contributed by atoms with E-state index >= 15 is 0 Å². The molecule has 0 bridgehead atoms. The first kappa shape index (κ1) is 6.17. The van der Waals surface area contributed by atoms with Crippen LogP contribution >= 0.6 is 15.9 Å². The molecule has 2 rings (SSSR count). The Morgan fingerprint density at radius 3 is 3.00 bits per heavy atom. The van der Waals surface area contributed by atoms with Gasteiger partial charge in [-0.05, 0) is 24.2 Å².